The second-order valence-corrected chi connectivity index (χ2v) is 5.60. The molecule has 0 radical (unpaired) electrons. The minimum absolute atomic E-state index is 0.675. The normalized spacial score (nSPS) is 36.7. The molecule has 0 amide bonds. The average Bonchev–Trinajstić information content (AvgIpc) is 2.51. The lowest BCUT2D eigenvalue weighted by Gasteiger charge is -2.23. The first-order chi connectivity index (χ1) is 6.01. The molecule has 2 rings (SSSR count). The van der Waals surface area contributed by atoms with E-state index in [0.29, 0.717) is 5.41 Å². The summed E-state index contributed by atoms with van der Waals surface area (Å²) in [4.78, 5) is 4.90. The van der Waals surface area contributed by atoms with Crippen molar-refractivity contribution in [2.24, 2.45) is 17.3 Å². The summed E-state index contributed by atoms with van der Waals surface area (Å²) >= 11 is 0. The van der Waals surface area contributed by atoms with Crippen molar-refractivity contribution in [1.29, 1.82) is 0 Å². The first-order valence-electron chi connectivity index (χ1n) is 5.39. The smallest absolute Gasteiger partial charge is 0.0109 e. The van der Waals surface area contributed by atoms with Crippen LogP contribution >= 0.6 is 0 Å². The van der Waals surface area contributed by atoms with Gasteiger partial charge in [-0.05, 0) is 31.3 Å². The molecular weight excluding hydrogens is 160 g/mol. The lowest BCUT2D eigenvalue weighted by atomic mass is 10.1. The first-order valence-corrected chi connectivity index (χ1v) is 5.39. The van der Waals surface area contributed by atoms with E-state index in [1.54, 1.807) is 0 Å². The van der Waals surface area contributed by atoms with Crippen LogP contribution in [-0.2, 0) is 0 Å². The van der Waals surface area contributed by atoms with Crippen LogP contribution in [0.25, 0.3) is 0 Å². The van der Waals surface area contributed by atoms with Gasteiger partial charge in [-0.1, -0.05) is 13.8 Å². The molecule has 2 aliphatic rings. The largest absolute Gasteiger partial charge is 0.308 e. The summed E-state index contributed by atoms with van der Waals surface area (Å²) in [6.07, 6.45) is 0. The molecule has 0 aromatic heterocycles. The second-order valence-electron chi connectivity index (χ2n) is 5.60. The highest BCUT2D eigenvalue weighted by molar-refractivity contribution is 5.11. The molecule has 76 valence electrons. The fraction of sp³-hybridized carbons (Fsp3) is 1.00. The molecule has 0 spiro atoms. The van der Waals surface area contributed by atoms with E-state index >= 15 is 0 Å². The topological polar surface area (TPSA) is 6.48 Å². The summed E-state index contributed by atoms with van der Waals surface area (Å²) < 4.78 is 0. The van der Waals surface area contributed by atoms with Gasteiger partial charge < -0.3 is 9.80 Å². The Labute approximate surface area is 81.9 Å². The number of nitrogens with zero attached hydrogens (tertiary/aromatic N) is 2. The van der Waals surface area contributed by atoms with Crippen LogP contribution in [0.1, 0.15) is 13.8 Å². The number of hydrogen-bond acceptors (Lipinski definition) is 2. The van der Waals surface area contributed by atoms with Crippen molar-refractivity contribution in [1.82, 2.24) is 9.80 Å². The Kier molecular flexibility index (Phi) is 2.16. The molecule has 1 saturated heterocycles. The summed E-state index contributed by atoms with van der Waals surface area (Å²) in [6, 6.07) is 0. The molecule has 1 heterocycles. The third-order valence-corrected chi connectivity index (χ3v) is 4.06. The van der Waals surface area contributed by atoms with Gasteiger partial charge in [-0.2, -0.15) is 0 Å². The molecule has 2 unspecified atom stereocenters. The fourth-order valence-electron chi connectivity index (χ4n) is 2.74. The van der Waals surface area contributed by atoms with E-state index in [2.05, 4.69) is 37.7 Å². The predicted molar refractivity (Wildman–Crippen MR) is 55.8 cm³/mol. The Balaban J connectivity index is 1.72. The van der Waals surface area contributed by atoms with Gasteiger partial charge in [-0.3, -0.25) is 0 Å². The molecule has 1 aliphatic carbocycles. The van der Waals surface area contributed by atoms with Crippen LogP contribution in [0.15, 0.2) is 0 Å². The predicted octanol–water partition coefficient (Wildman–Crippen LogP) is 1.14. The second kappa shape index (κ2) is 2.96. The van der Waals surface area contributed by atoms with Crippen LogP contribution in [0.4, 0.5) is 0 Å². The van der Waals surface area contributed by atoms with E-state index in [1.165, 1.54) is 26.2 Å². The molecule has 1 aliphatic heterocycles. The Hall–Kier alpha value is -0.0800. The van der Waals surface area contributed by atoms with Crippen molar-refractivity contribution >= 4 is 0 Å². The quantitative estimate of drug-likeness (QED) is 0.646. The lowest BCUT2D eigenvalue weighted by molar-refractivity contribution is 0.232. The Morgan fingerprint density at radius 3 is 2.23 bits per heavy atom. The highest BCUT2D eigenvalue weighted by Gasteiger charge is 2.61. The number of likely N-dealkylation sites (tertiary alicyclic amines) is 1. The third kappa shape index (κ3) is 1.62. The maximum Gasteiger partial charge on any atom is 0.0109 e. The fourth-order valence-corrected chi connectivity index (χ4v) is 2.74. The van der Waals surface area contributed by atoms with Crippen molar-refractivity contribution in [3.8, 4) is 0 Å². The molecule has 2 fully saturated rings. The molecule has 13 heavy (non-hydrogen) atoms. The number of likely N-dealkylation sites (N-methyl/N-ethyl adjacent to an activating group) is 1. The van der Waals surface area contributed by atoms with Crippen molar-refractivity contribution in [2.75, 3.05) is 40.3 Å². The Bertz CT molecular complexity index is 184. The van der Waals surface area contributed by atoms with Gasteiger partial charge >= 0.3 is 0 Å². The molecule has 2 nitrogen and oxygen atoms in total. The van der Waals surface area contributed by atoms with E-state index in [0.717, 1.165) is 11.8 Å². The van der Waals surface area contributed by atoms with E-state index in [-0.39, 0.29) is 0 Å². The Morgan fingerprint density at radius 2 is 1.77 bits per heavy atom. The van der Waals surface area contributed by atoms with E-state index < -0.39 is 0 Å². The van der Waals surface area contributed by atoms with Crippen LogP contribution in [0, 0.1) is 17.3 Å². The zero-order chi connectivity index (χ0) is 9.64. The lowest BCUT2D eigenvalue weighted by Crippen LogP contribution is -2.33. The van der Waals surface area contributed by atoms with E-state index in [1.807, 2.05) is 0 Å². The molecule has 0 bridgehead atoms. The minimum Gasteiger partial charge on any atom is -0.308 e. The number of hydrogen-bond donors (Lipinski definition) is 0. The van der Waals surface area contributed by atoms with Gasteiger partial charge in [0.2, 0.25) is 0 Å². The maximum atomic E-state index is 2.63. The number of piperidine rings is 1. The van der Waals surface area contributed by atoms with E-state index in [9.17, 15) is 0 Å². The first kappa shape index (κ1) is 9.47. The zero-order valence-corrected chi connectivity index (χ0v) is 9.38. The van der Waals surface area contributed by atoms with Crippen molar-refractivity contribution in [3.63, 3.8) is 0 Å². The van der Waals surface area contributed by atoms with Crippen LogP contribution < -0.4 is 0 Å². The minimum atomic E-state index is 0.675. The number of rotatable bonds is 3. The molecular formula is C11H22N2. The standard InChI is InChI=1S/C11H22N2/c1-11(2)9-7-13(8-10(9)11)6-5-12(3)4/h9-10H,5-8H2,1-4H3. The molecule has 2 heteroatoms. The number of fused-ring (bicyclic) bond motifs is 1. The van der Waals surface area contributed by atoms with Gasteiger partial charge in [-0.15, -0.1) is 0 Å². The van der Waals surface area contributed by atoms with Crippen molar-refractivity contribution < 1.29 is 0 Å². The van der Waals surface area contributed by atoms with Crippen LogP contribution in [-0.4, -0.2) is 50.1 Å². The highest BCUT2D eigenvalue weighted by atomic mass is 15.2. The molecule has 2 atom stereocenters. The summed E-state index contributed by atoms with van der Waals surface area (Å²) in [5.74, 6) is 2.02. The van der Waals surface area contributed by atoms with Gasteiger partial charge in [0.15, 0.2) is 0 Å². The molecule has 1 saturated carbocycles. The van der Waals surface area contributed by atoms with Crippen LogP contribution in [0.3, 0.4) is 0 Å². The Morgan fingerprint density at radius 1 is 1.23 bits per heavy atom. The van der Waals surface area contributed by atoms with Crippen molar-refractivity contribution in [3.05, 3.63) is 0 Å². The van der Waals surface area contributed by atoms with Gasteiger partial charge in [0.05, 0.1) is 0 Å². The average molecular weight is 182 g/mol. The molecule has 0 N–H and O–H groups in total. The van der Waals surface area contributed by atoms with Gasteiger partial charge in [0.1, 0.15) is 0 Å². The SMILES string of the molecule is CN(C)CCN1CC2C(C1)C2(C)C. The summed E-state index contributed by atoms with van der Waals surface area (Å²) in [6.45, 7) is 10.0. The van der Waals surface area contributed by atoms with Gasteiger partial charge in [0, 0.05) is 26.2 Å². The van der Waals surface area contributed by atoms with Crippen LogP contribution in [0.5, 0.6) is 0 Å². The van der Waals surface area contributed by atoms with E-state index in [4.69, 9.17) is 0 Å². The summed E-state index contributed by atoms with van der Waals surface area (Å²) in [5, 5.41) is 0. The van der Waals surface area contributed by atoms with Crippen molar-refractivity contribution in [2.45, 2.75) is 13.8 Å². The molecule has 0 aromatic carbocycles. The highest BCUT2D eigenvalue weighted by Crippen LogP contribution is 2.61. The molecule has 0 aromatic rings. The summed E-state index contributed by atoms with van der Waals surface area (Å²) in [7, 11) is 4.31. The van der Waals surface area contributed by atoms with Crippen LogP contribution in [0.2, 0.25) is 0 Å². The van der Waals surface area contributed by atoms with Gasteiger partial charge in [0.25, 0.3) is 0 Å². The zero-order valence-electron chi connectivity index (χ0n) is 9.38. The maximum absolute atomic E-state index is 2.63. The van der Waals surface area contributed by atoms with Gasteiger partial charge in [-0.25, -0.2) is 0 Å². The monoisotopic (exact) mass is 182 g/mol. The third-order valence-electron chi connectivity index (χ3n) is 4.06. The summed E-state index contributed by atoms with van der Waals surface area (Å²) in [5.41, 5.74) is 0.675.